The van der Waals surface area contributed by atoms with Crippen LogP contribution >= 0.6 is 0 Å². The topological polar surface area (TPSA) is 61.0 Å². The average molecular weight is 277 g/mol. The van der Waals surface area contributed by atoms with Gasteiger partial charge in [-0.3, -0.25) is 0 Å². The Bertz CT molecular complexity index is 418. The molecule has 0 radical (unpaired) electrons. The van der Waals surface area contributed by atoms with Crippen molar-refractivity contribution in [3.63, 3.8) is 0 Å². The van der Waals surface area contributed by atoms with Crippen molar-refractivity contribution in [2.45, 2.75) is 59.0 Å². The van der Waals surface area contributed by atoms with Gasteiger partial charge in [-0.25, -0.2) is 9.97 Å². The zero-order valence-corrected chi connectivity index (χ0v) is 13.0. The minimum atomic E-state index is 0.302. The number of hydrogen-bond donors (Lipinski definition) is 1. The van der Waals surface area contributed by atoms with E-state index in [9.17, 15) is 0 Å². The molecule has 0 bridgehead atoms. The summed E-state index contributed by atoms with van der Waals surface area (Å²) in [4.78, 5) is 9.37. The van der Waals surface area contributed by atoms with E-state index in [1.807, 2.05) is 0 Å². The molecule has 4 heteroatoms. The third kappa shape index (κ3) is 4.00. The van der Waals surface area contributed by atoms with Crippen LogP contribution in [0.1, 0.15) is 49.0 Å². The predicted octanol–water partition coefficient (Wildman–Crippen LogP) is 2.34. The van der Waals surface area contributed by atoms with Gasteiger partial charge in [0.1, 0.15) is 5.82 Å². The van der Waals surface area contributed by atoms with Gasteiger partial charge in [0.05, 0.1) is 6.10 Å². The Morgan fingerprint density at radius 1 is 1.25 bits per heavy atom. The van der Waals surface area contributed by atoms with E-state index in [0.717, 1.165) is 43.1 Å². The highest BCUT2D eigenvalue weighted by molar-refractivity contribution is 5.25. The van der Waals surface area contributed by atoms with Gasteiger partial charge < -0.3 is 10.5 Å². The molecule has 1 fully saturated rings. The third-order valence-electron chi connectivity index (χ3n) is 4.11. The maximum atomic E-state index is 5.78. The lowest BCUT2D eigenvalue weighted by Crippen LogP contribution is -2.23. The van der Waals surface area contributed by atoms with Crippen LogP contribution in [-0.4, -0.2) is 29.2 Å². The van der Waals surface area contributed by atoms with Crippen molar-refractivity contribution in [2.24, 2.45) is 11.7 Å². The molecule has 0 saturated carbocycles. The predicted molar refractivity (Wildman–Crippen MR) is 80.7 cm³/mol. The van der Waals surface area contributed by atoms with E-state index in [1.165, 1.54) is 18.4 Å². The second kappa shape index (κ2) is 7.14. The first-order chi connectivity index (χ1) is 9.60. The van der Waals surface area contributed by atoms with Gasteiger partial charge in [-0.15, -0.1) is 0 Å². The Morgan fingerprint density at radius 2 is 1.95 bits per heavy atom. The summed E-state index contributed by atoms with van der Waals surface area (Å²) in [5.74, 6) is 1.40. The highest BCUT2D eigenvalue weighted by atomic mass is 16.5. The maximum Gasteiger partial charge on any atom is 0.131 e. The molecule has 1 aromatic rings. The number of aromatic nitrogens is 2. The van der Waals surface area contributed by atoms with Crippen LogP contribution in [-0.2, 0) is 17.6 Å². The van der Waals surface area contributed by atoms with E-state index >= 15 is 0 Å². The second-order valence-electron chi connectivity index (χ2n) is 6.03. The van der Waals surface area contributed by atoms with Crippen molar-refractivity contribution < 1.29 is 4.74 Å². The molecular formula is C16H27N3O. The lowest BCUT2D eigenvalue weighted by molar-refractivity contribution is 0.0156. The smallest absolute Gasteiger partial charge is 0.131 e. The van der Waals surface area contributed by atoms with Gasteiger partial charge in [0.25, 0.3) is 0 Å². The molecule has 2 unspecified atom stereocenters. The van der Waals surface area contributed by atoms with Gasteiger partial charge in [-0.05, 0) is 57.6 Å². The van der Waals surface area contributed by atoms with Gasteiger partial charge in [-0.1, -0.05) is 6.92 Å². The van der Waals surface area contributed by atoms with Crippen LogP contribution in [0.25, 0.3) is 0 Å². The molecule has 2 heterocycles. The van der Waals surface area contributed by atoms with Gasteiger partial charge in [-0.2, -0.15) is 0 Å². The first kappa shape index (κ1) is 15.4. The molecular weight excluding hydrogens is 250 g/mol. The Balaban J connectivity index is 2.08. The van der Waals surface area contributed by atoms with Crippen molar-refractivity contribution in [3.05, 3.63) is 22.8 Å². The van der Waals surface area contributed by atoms with Crippen molar-refractivity contribution in [3.8, 4) is 0 Å². The van der Waals surface area contributed by atoms with Crippen LogP contribution in [0.5, 0.6) is 0 Å². The second-order valence-corrected chi connectivity index (χ2v) is 6.03. The standard InChI is InChI=1S/C16H27N3O/c1-11(10-17)8-15-12(2)18-16(19-13(15)3)9-14-6-4-5-7-20-14/h11,14H,4-10,17H2,1-3H3. The van der Waals surface area contributed by atoms with Crippen molar-refractivity contribution in [1.29, 1.82) is 0 Å². The third-order valence-corrected chi connectivity index (χ3v) is 4.11. The zero-order valence-electron chi connectivity index (χ0n) is 13.0. The molecule has 0 spiro atoms. The quantitative estimate of drug-likeness (QED) is 0.897. The van der Waals surface area contributed by atoms with Gasteiger partial charge in [0, 0.05) is 24.4 Å². The van der Waals surface area contributed by atoms with Crippen LogP contribution in [0.3, 0.4) is 0 Å². The number of hydrogen-bond acceptors (Lipinski definition) is 4. The fourth-order valence-electron chi connectivity index (χ4n) is 2.80. The monoisotopic (exact) mass is 277 g/mol. The fraction of sp³-hybridized carbons (Fsp3) is 0.750. The molecule has 0 aromatic carbocycles. The summed E-state index contributed by atoms with van der Waals surface area (Å²) in [5.41, 5.74) is 9.18. The molecule has 1 aliphatic heterocycles. The summed E-state index contributed by atoms with van der Waals surface area (Å²) in [7, 11) is 0. The first-order valence-corrected chi connectivity index (χ1v) is 7.74. The van der Waals surface area contributed by atoms with E-state index in [2.05, 4.69) is 30.7 Å². The fourth-order valence-corrected chi connectivity index (χ4v) is 2.80. The summed E-state index contributed by atoms with van der Waals surface area (Å²) in [6, 6.07) is 0. The Morgan fingerprint density at radius 3 is 2.50 bits per heavy atom. The van der Waals surface area contributed by atoms with E-state index < -0.39 is 0 Å². The number of ether oxygens (including phenoxy) is 1. The first-order valence-electron chi connectivity index (χ1n) is 7.74. The summed E-state index contributed by atoms with van der Waals surface area (Å²) in [5, 5.41) is 0. The minimum Gasteiger partial charge on any atom is -0.378 e. The van der Waals surface area contributed by atoms with Crippen LogP contribution in [0.4, 0.5) is 0 Å². The van der Waals surface area contributed by atoms with E-state index in [1.54, 1.807) is 0 Å². The molecule has 2 rings (SSSR count). The lowest BCUT2D eigenvalue weighted by atomic mass is 9.98. The normalized spacial score (nSPS) is 20.9. The summed E-state index contributed by atoms with van der Waals surface area (Å²) < 4.78 is 5.78. The summed E-state index contributed by atoms with van der Waals surface area (Å²) >= 11 is 0. The zero-order chi connectivity index (χ0) is 14.5. The molecule has 2 atom stereocenters. The van der Waals surface area contributed by atoms with E-state index in [-0.39, 0.29) is 0 Å². The van der Waals surface area contributed by atoms with E-state index in [0.29, 0.717) is 18.6 Å². The molecule has 1 aliphatic rings. The highest BCUT2D eigenvalue weighted by Gasteiger charge is 2.17. The Kier molecular flexibility index (Phi) is 5.49. The molecule has 0 aliphatic carbocycles. The molecule has 112 valence electrons. The minimum absolute atomic E-state index is 0.302. The molecule has 1 aromatic heterocycles. The largest absolute Gasteiger partial charge is 0.378 e. The maximum absolute atomic E-state index is 5.78. The SMILES string of the molecule is Cc1nc(CC2CCCCO2)nc(C)c1CC(C)CN. The number of nitrogens with two attached hydrogens (primary N) is 1. The van der Waals surface area contributed by atoms with Gasteiger partial charge in [0.15, 0.2) is 0 Å². The summed E-state index contributed by atoms with van der Waals surface area (Å²) in [6.07, 6.45) is 5.69. The average Bonchev–Trinajstić information content (AvgIpc) is 2.43. The highest BCUT2D eigenvalue weighted by Crippen LogP contribution is 2.19. The molecule has 0 amide bonds. The Hall–Kier alpha value is -1.00. The Labute approximate surface area is 122 Å². The molecule has 1 saturated heterocycles. The number of rotatable bonds is 5. The lowest BCUT2D eigenvalue weighted by Gasteiger charge is -2.22. The van der Waals surface area contributed by atoms with Gasteiger partial charge in [0.2, 0.25) is 0 Å². The van der Waals surface area contributed by atoms with Crippen LogP contribution < -0.4 is 5.73 Å². The molecule has 4 nitrogen and oxygen atoms in total. The van der Waals surface area contributed by atoms with E-state index in [4.69, 9.17) is 10.5 Å². The molecule has 2 N–H and O–H groups in total. The van der Waals surface area contributed by atoms with Crippen LogP contribution in [0.15, 0.2) is 0 Å². The van der Waals surface area contributed by atoms with Crippen LogP contribution in [0.2, 0.25) is 0 Å². The van der Waals surface area contributed by atoms with Crippen molar-refractivity contribution in [2.75, 3.05) is 13.2 Å². The summed E-state index contributed by atoms with van der Waals surface area (Å²) in [6.45, 7) is 7.92. The number of aryl methyl sites for hydroxylation is 2. The van der Waals surface area contributed by atoms with Crippen molar-refractivity contribution in [1.82, 2.24) is 9.97 Å². The van der Waals surface area contributed by atoms with Crippen molar-refractivity contribution >= 4 is 0 Å². The molecule has 20 heavy (non-hydrogen) atoms. The number of nitrogens with zero attached hydrogens (tertiary/aromatic N) is 2. The van der Waals surface area contributed by atoms with Gasteiger partial charge >= 0.3 is 0 Å². The van der Waals surface area contributed by atoms with Crippen LogP contribution in [0, 0.1) is 19.8 Å².